The first-order chi connectivity index (χ1) is 9.11. The number of alkyl halides is 1. The van der Waals surface area contributed by atoms with Gasteiger partial charge in [0.05, 0.1) is 5.88 Å². The van der Waals surface area contributed by atoms with Crippen molar-refractivity contribution in [2.45, 2.75) is 19.3 Å². The van der Waals surface area contributed by atoms with Gasteiger partial charge in [-0.05, 0) is 24.6 Å². The SMILES string of the molecule is Cc1oc(C(=O)NCc2ccccc2Cl)cc1CCl. The average molecular weight is 298 g/mol. The van der Waals surface area contributed by atoms with Crippen LogP contribution in [0.4, 0.5) is 0 Å². The van der Waals surface area contributed by atoms with Gasteiger partial charge in [0, 0.05) is 17.1 Å². The normalized spacial score (nSPS) is 10.5. The summed E-state index contributed by atoms with van der Waals surface area (Å²) in [5.41, 5.74) is 1.68. The standard InChI is InChI=1S/C14H13Cl2NO2/c1-9-11(7-15)6-13(19-9)14(18)17-8-10-4-2-3-5-12(10)16/h2-6H,7-8H2,1H3,(H,17,18). The molecule has 0 saturated heterocycles. The second kappa shape index (κ2) is 6.13. The first-order valence-corrected chi connectivity index (χ1v) is 6.70. The third-order valence-electron chi connectivity index (χ3n) is 2.79. The van der Waals surface area contributed by atoms with Crippen molar-refractivity contribution in [3.8, 4) is 0 Å². The lowest BCUT2D eigenvalue weighted by molar-refractivity contribution is 0.0922. The van der Waals surface area contributed by atoms with E-state index in [1.54, 1.807) is 19.1 Å². The zero-order valence-electron chi connectivity index (χ0n) is 10.4. The number of carbonyl (C=O) groups is 1. The van der Waals surface area contributed by atoms with Crippen LogP contribution in [-0.4, -0.2) is 5.91 Å². The van der Waals surface area contributed by atoms with Gasteiger partial charge in [0.15, 0.2) is 5.76 Å². The molecule has 0 fully saturated rings. The van der Waals surface area contributed by atoms with Crippen LogP contribution in [-0.2, 0) is 12.4 Å². The Kier molecular flexibility index (Phi) is 4.51. The van der Waals surface area contributed by atoms with E-state index >= 15 is 0 Å². The van der Waals surface area contributed by atoms with Crippen molar-refractivity contribution in [3.63, 3.8) is 0 Å². The lowest BCUT2D eigenvalue weighted by Crippen LogP contribution is -2.22. The molecule has 0 aliphatic heterocycles. The summed E-state index contributed by atoms with van der Waals surface area (Å²) in [5, 5.41) is 3.39. The molecule has 0 aliphatic rings. The summed E-state index contributed by atoms with van der Waals surface area (Å²) in [6.07, 6.45) is 0. The monoisotopic (exact) mass is 297 g/mol. The number of nitrogens with one attached hydrogen (secondary N) is 1. The van der Waals surface area contributed by atoms with Crippen LogP contribution < -0.4 is 5.32 Å². The first kappa shape index (κ1) is 14.0. The van der Waals surface area contributed by atoms with Crippen molar-refractivity contribution >= 4 is 29.1 Å². The molecule has 1 N–H and O–H groups in total. The van der Waals surface area contributed by atoms with Gasteiger partial charge in [-0.2, -0.15) is 0 Å². The fourth-order valence-electron chi connectivity index (χ4n) is 1.67. The summed E-state index contributed by atoms with van der Waals surface area (Å²) in [4.78, 5) is 11.9. The van der Waals surface area contributed by atoms with Gasteiger partial charge in [0.25, 0.3) is 5.91 Å². The predicted octanol–water partition coefficient (Wildman–Crippen LogP) is 3.91. The van der Waals surface area contributed by atoms with E-state index in [9.17, 15) is 4.79 Å². The van der Waals surface area contributed by atoms with Gasteiger partial charge < -0.3 is 9.73 Å². The molecule has 0 unspecified atom stereocenters. The largest absolute Gasteiger partial charge is 0.456 e. The maximum absolute atomic E-state index is 11.9. The van der Waals surface area contributed by atoms with E-state index in [4.69, 9.17) is 27.6 Å². The van der Waals surface area contributed by atoms with Gasteiger partial charge in [-0.25, -0.2) is 0 Å². The predicted molar refractivity (Wildman–Crippen MR) is 75.6 cm³/mol. The molecule has 0 atom stereocenters. The number of carbonyl (C=O) groups excluding carboxylic acids is 1. The highest BCUT2D eigenvalue weighted by Gasteiger charge is 2.13. The maximum Gasteiger partial charge on any atom is 0.287 e. The molecule has 1 amide bonds. The van der Waals surface area contributed by atoms with Gasteiger partial charge in [-0.15, -0.1) is 11.6 Å². The van der Waals surface area contributed by atoms with Gasteiger partial charge in [-0.3, -0.25) is 4.79 Å². The molecule has 0 saturated carbocycles. The van der Waals surface area contributed by atoms with Crippen molar-refractivity contribution < 1.29 is 9.21 Å². The third kappa shape index (κ3) is 3.31. The lowest BCUT2D eigenvalue weighted by Gasteiger charge is -2.05. The van der Waals surface area contributed by atoms with Crippen LogP contribution in [0.5, 0.6) is 0 Å². The zero-order chi connectivity index (χ0) is 13.8. The van der Waals surface area contributed by atoms with Crippen molar-refractivity contribution in [2.24, 2.45) is 0 Å². The number of rotatable bonds is 4. The molecule has 2 aromatic rings. The van der Waals surface area contributed by atoms with Crippen LogP contribution in [0, 0.1) is 6.92 Å². The number of benzene rings is 1. The summed E-state index contributed by atoms with van der Waals surface area (Å²) in [5.74, 6) is 0.977. The highest BCUT2D eigenvalue weighted by Crippen LogP contribution is 2.17. The van der Waals surface area contributed by atoms with Crippen LogP contribution in [0.15, 0.2) is 34.7 Å². The number of hydrogen-bond acceptors (Lipinski definition) is 2. The fourth-order valence-corrected chi connectivity index (χ4v) is 2.14. The molecule has 0 aliphatic carbocycles. The number of aryl methyl sites for hydroxylation is 1. The van der Waals surface area contributed by atoms with Gasteiger partial charge in [0.1, 0.15) is 5.76 Å². The highest BCUT2D eigenvalue weighted by molar-refractivity contribution is 6.31. The minimum atomic E-state index is -0.278. The summed E-state index contributed by atoms with van der Waals surface area (Å²) >= 11 is 11.7. The fraction of sp³-hybridized carbons (Fsp3) is 0.214. The Hall–Kier alpha value is -1.45. The number of hydrogen-bond donors (Lipinski definition) is 1. The van der Waals surface area contributed by atoms with Crippen LogP contribution in [0.2, 0.25) is 5.02 Å². The Morgan fingerprint density at radius 3 is 2.68 bits per heavy atom. The van der Waals surface area contributed by atoms with E-state index in [0.29, 0.717) is 23.2 Å². The molecule has 0 bridgehead atoms. The van der Waals surface area contributed by atoms with Crippen molar-refractivity contribution in [3.05, 3.63) is 58.0 Å². The Labute approximate surface area is 121 Å². The molecular weight excluding hydrogens is 285 g/mol. The Morgan fingerprint density at radius 2 is 2.05 bits per heavy atom. The summed E-state index contributed by atoms with van der Waals surface area (Å²) < 4.78 is 5.36. The first-order valence-electron chi connectivity index (χ1n) is 5.78. The van der Waals surface area contributed by atoms with E-state index < -0.39 is 0 Å². The van der Waals surface area contributed by atoms with Gasteiger partial charge in [-0.1, -0.05) is 29.8 Å². The third-order valence-corrected chi connectivity index (χ3v) is 3.44. The molecule has 0 spiro atoms. The number of furan rings is 1. The minimum Gasteiger partial charge on any atom is -0.456 e. The summed E-state index contributed by atoms with van der Waals surface area (Å²) in [6, 6.07) is 9.02. The van der Waals surface area contributed by atoms with Crippen LogP contribution in [0.1, 0.15) is 27.4 Å². The minimum absolute atomic E-state index is 0.264. The van der Waals surface area contributed by atoms with Crippen molar-refractivity contribution in [2.75, 3.05) is 0 Å². The molecule has 3 nitrogen and oxygen atoms in total. The smallest absolute Gasteiger partial charge is 0.287 e. The van der Waals surface area contributed by atoms with E-state index in [1.165, 1.54) is 0 Å². The van der Waals surface area contributed by atoms with E-state index in [1.807, 2.05) is 18.2 Å². The zero-order valence-corrected chi connectivity index (χ0v) is 11.9. The molecule has 2 rings (SSSR count). The van der Waals surface area contributed by atoms with E-state index in [0.717, 1.165) is 11.1 Å². The molecule has 1 heterocycles. The van der Waals surface area contributed by atoms with Gasteiger partial charge >= 0.3 is 0 Å². The molecule has 1 aromatic heterocycles. The van der Waals surface area contributed by atoms with Crippen molar-refractivity contribution in [1.29, 1.82) is 0 Å². The molecule has 5 heteroatoms. The Morgan fingerprint density at radius 1 is 1.32 bits per heavy atom. The quantitative estimate of drug-likeness (QED) is 0.870. The topological polar surface area (TPSA) is 42.2 Å². The van der Waals surface area contributed by atoms with Crippen LogP contribution in [0.25, 0.3) is 0 Å². The summed E-state index contributed by atoms with van der Waals surface area (Å²) in [6.45, 7) is 2.14. The van der Waals surface area contributed by atoms with E-state index in [2.05, 4.69) is 5.32 Å². The Balaban J connectivity index is 2.03. The Bertz CT molecular complexity index is 593. The van der Waals surface area contributed by atoms with E-state index in [-0.39, 0.29) is 11.7 Å². The average Bonchev–Trinajstić information content (AvgIpc) is 2.79. The molecule has 0 radical (unpaired) electrons. The van der Waals surface area contributed by atoms with Crippen LogP contribution >= 0.6 is 23.2 Å². The summed E-state index contributed by atoms with van der Waals surface area (Å²) in [7, 11) is 0. The second-order valence-corrected chi connectivity index (χ2v) is 4.77. The van der Waals surface area contributed by atoms with Crippen molar-refractivity contribution in [1.82, 2.24) is 5.32 Å². The molecule has 19 heavy (non-hydrogen) atoms. The number of amides is 1. The van der Waals surface area contributed by atoms with Crippen LogP contribution in [0.3, 0.4) is 0 Å². The lowest BCUT2D eigenvalue weighted by atomic mass is 10.2. The molecule has 100 valence electrons. The van der Waals surface area contributed by atoms with Gasteiger partial charge in [0.2, 0.25) is 0 Å². The molecular formula is C14H13Cl2NO2. The maximum atomic E-state index is 11.9. The highest BCUT2D eigenvalue weighted by atomic mass is 35.5. The second-order valence-electron chi connectivity index (χ2n) is 4.10. The molecule has 1 aromatic carbocycles. The number of halogens is 2.